The van der Waals surface area contributed by atoms with Gasteiger partial charge in [-0.15, -0.1) is 0 Å². The van der Waals surface area contributed by atoms with Crippen LogP contribution < -0.4 is 10.1 Å². The maximum Gasteiger partial charge on any atom is 0.147 e. The van der Waals surface area contributed by atoms with Crippen LogP contribution in [0.5, 0.6) is 5.75 Å². The third-order valence-electron chi connectivity index (χ3n) is 2.94. The molecule has 0 aliphatic rings. The van der Waals surface area contributed by atoms with Gasteiger partial charge in [0.25, 0.3) is 0 Å². The van der Waals surface area contributed by atoms with Crippen molar-refractivity contribution in [3.05, 3.63) is 26.6 Å². The number of benzene rings is 1. The molecule has 0 bridgehead atoms. The zero-order chi connectivity index (χ0) is 15.8. The first-order chi connectivity index (χ1) is 9.90. The maximum absolute atomic E-state index is 5.87. The van der Waals surface area contributed by atoms with Gasteiger partial charge in [-0.05, 0) is 82.5 Å². The van der Waals surface area contributed by atoms with Crippen LogP contribution in [0.1, 0.15) is 25.8 Å². The SMILES string of the molecule is CC(C)CNCc1cc(Br)c(OCCCN(C)C)c(Br)c1. The van der Waals surface area contributed by atoms with Gasteiger partial charge in [0.1, 0.15) is 5.75 Å². The van der Waals surface area contributed by atoms with E-state index in [1.165, 1.54) is 5.56 Å². The summed E-state index contributed by atoms with van der Waals surface area (Å²) in [6, 6.07) is 4.25. The molecule has 0 aromatic heterocycles. The van der Waals surface area contributed by atoms with E-state index in [2.05, 4.69) is 82.2 Å². The molecule has 0 aliphatic carbocycles. The number of hydrogen-bond donors (Lipinski definition) is 1. The predicted molar refractivity (Wildman–Crippen MR) is 97.1 cm³/mol. The summed E-state index contributed by atoms with van der Waals surface area (Å²) in [5, 5.41) is 3.45. The van der Waals surface area contributed by atoms with E-state index in [0.717, 1.165) is 47.4 Å². The molecule has 0 heterocycles. The fourth-order valence-corrected chi connectivity index (χ4v) is 3.42. The van der Waals surface area contributed by atoms with Gasteiger partial charge in [-0.3, -0.25) is 0 Å². The Hall–Kier alpha value is -0.100. The van der Waals surface area contributed by atoms with E-state index in [9.17, 15) is 0 Å². The van der Waals surface area contributed by atoms with Gasteiger partial charge in [0.15, 0.2) is 0 Å². The number of ether oxygens (including phenoxy) is 1. The molecule has 1 aromatic carbocycles. The van der Waals surface area contributed by atoms with Crippen molar-refractivity contribution in [3.8, 4) is 5.75 Å². The highest BCUT2D eigenvalue weighted by molar-refractivity contribution is 9.11. The Morgan fingerprint density at radius 3 is 2.33 bits per heavy atom. The molecule has 5 heteroatoms. The van der Waals surface area contributed by atoms with Crippen molar-refractivity contribution in [2.24, 2.45) is 5.92 Å². The van der Waals surface area contributed by atoms with Crippen molar-refractivity contribution in [1.82, 2.24) is 10.2 Å². The van der Waals surface area contributed by atoms with Crippen LogP contribution in [-0.4, -0.2) is 38.7 Å². The van der Waals surface area contributed by atoms with Crippen molar-refractivity contribution in [3.63, 3.8) is 0 Å². The van der Waals surface area contributed by atoms with E-state index < -0.39 is 0 Å². The van der Waals surface area contributed by atoms with E-state index >= 15 is 0 Å². The second-order valence-corrected chi connectivity index (χ2v) is 7.63. The quantitative estimate of drug-likeness (QED) is 0.602. The van der Waals surface area contributed by atoms with Gasteiger partial charge >= 0.3 is 0 Å². The highest BCUT2D eigenvalue weighted by Gasteiger charge is 2.09. The van der Waals surface area contributed by atoms with Crippen molar-refractivity contribution in [2.45, 2.75) is 26.8 Å². The largest absolute Gasteiger partial charge is 0.491 e. The molecule has 0 saturated carbocycles. The van der Waals surface area contributed by atoms with Crippen molar-refractivity contribution in [2.75, 3.05) is 33.8 Å². The number of halogens is 2. The first-order valence-electron chi connectivity index (χ1n) is 7.36. The molecule has 0 unspecified atom stereocenters. The van der Waals surface area contributed by atoms with E-state index in [1.54, 1.807) is 0 Å². The van der Waals surface area contributed by atoms with Crippen molar-refractivity contribution < 1.29 is 4.74 Å². The molecular weight excluding hydrogens is 396 g/mol. The molecule has 1 N–H and O–H groups in total. The zero-order valence-corrected chi connectivity index (χ0v) is 16.6. The minimum Gasteiger partial charge on any atom is -0.491 e. The lowest BCUT2D eigenvalue weighted by molar-refractivity contribution is 0.279. The van der Waals surface area contributed by atoms with Crippen LogP contribution in [0.25, 0.3) is 0 Å². The molecular formula is C16H26Br2N2O. The van der Waals surface area contributed by atoms with Crippen LogP contribution >= 0.6 is 31.9 Å². The predicted octanol–water partition coefficient (Wildman–Crippen LogP) is 4.29. The first-order valence-corrected chi connectivity index (χ1v) is 8.95. The van der Waals surface area contributed by atoms with Gasteiger partial charge in [-0.2, -0.15) is 0 Å². The molecule has 0 fully saturated rings. The standard InChI is InChI=1S/C16H26Br2N2O/c1-12(2)10-19-11-13-8-14(17)16(15(18)9-13)21-7-5-6-20(3)4/h8-9,12,19H,5-7,10-11H2,1-4H3. The molecule has 0 aliphatic heterocycles. The molecule has 0 radical (unpaired) electrons. The van der Waals surface area contributed by atoms with Gasteiger partial charge in [0.05, 0.1) is 15.6 Å². The maximum atomic E-state index is 5.87. The molecule has 3 nitrogen and oxygen atoms in total. The van der Waals surface area contributed by atoms with Gasteiger partial charge in [0.2, 0.25) is 0 Å². The minimum atomic E-state index is 0.663. The van der Waals surface area contributed by atoms with Gasteiger partial charge in [0, 0.05) is 13.1 Å². The van der Waals surface area contributed by atoms with E-state index in [0.29, 0.717) is 5.92 Å². The second kappa shape index (κ2) is 9.82. The lowest BCUT2D eigenvalue weighted by Gasteiger charge is -2.14. The lowest BCUT2D eigenvalue weighted by Crippen LogP contribution is -2.19. The Bertz CT molecular complexity index is 413. The van der Waals surface area contributed by atoms with E-state index in [4.69, 9.17) is 4.74 Å². The third-order valence-corrected chi connectivity index (χ3v) is 4.11. The summed E-state index contributed by atoms with van der Waals surface area (Å²) < 4.78 is 7.88. The highest BCUT2D eigenvalue weighted by atomic mass is 79.9. The Morgan fingerprint density at radius 2 is 1.81 bits per heavy atom. The van der Waals surface area contributed by atoms with Crippen LogP contribution in [0.15, 0.2) is 21.1 Å². The molecule has 0 atom stereocenters. The van der Waals surface area contributed by atoms with Crippen LogP contribution in [0.4, 0.5) is 0 Å². The highest BCUT2D eigenvalue weighted by Crippen LogP contribution is 2.34. The topological polar surface area (TPSA) is 24.5 Å². The van der Waals surface area contributed by atoms with Gasteiger partial charge in [-0.25, -0.2) is 0 Å². The summed E-state index contributed by atoms with van der Waals surface area (Å²) in [4.78, 5) is 2.16. The fourth-order valence-electron chi connectivity index (χ4n) is 1.91. The molecule has 120 valence electrons. The van der Waals surface area contributed by atoms with Crippen LogP contribution in [0.3, 0.4) is 0 Å². The molecule has 21 heavy (non-hydrogen) atoms. The summed E-state index contributed by atoms with van der Waals surface area (Å²) in [6.07, 6.45) is 1.02. The molecule has 0 spiro atoms. The first kappa shape index (κ1) is 18.9. The van der Waals surface area contributed by atoms with Crippen molar-refractivity contribution in [1.29, 1.82) is 0 Å². The molecule has 0 amide bonds. The smallest absolute Gasteiger partial charge is 0.147 e. The summed E-state index contributed by atoms with van der Waals surface area (Å²) in [5.74, 6) is 1.55. The Morgan fingerprint density at radius 1 is 1.19 bits per heavy atom. The summed E-state index contributed by atoms with van der Waals surface area (Å²) in [7, 11) is 4.15. The van der Waals surface area contributed by atoms with Gasteiger partial charge < -0.3 is 15.0 Å². The minimum absolute atomic E-state index is 0.663. The molecule has 0 saturated heterocycles. The van der Waals surface area contributed by atoms with Crippen LogP contribution in [0, 0.1) is 5.92 Å². The summed E-state index contributed by atoms with van der Waals surface area (Å²) >= 11 is 7.21. The summed E-state index contributed by atoms with van der Waals surface area (Å²) in [5.41, 5.74) is 1.25. The normalized spacial score (nSPS) is 11.4. The number of nitrogens with one attached hydrogen (secondary N) is 1. The zero-order valence-electron chi connectivity index (χ0n) is 13.4. The Balaban J connectivity index is 2.54. The summed E-state index contributed by atoms with van der Waals surface area (Å²) in [6.45, 7) is 8.08. The fraction of sp³-hybridized carbons (Fsp3) is 0.625. The third kappa shape index (κ3) is 7.63. The van der Waals surface area contributed by atoms with Gasteiger partial charge in [-0.1, -0.05) is 13.8 Å². The monoisotopic (exact) mass is 420 g/mol. The Kier molecular flexibility index (Phi) is 8.86. The van der Waals surface area contributed by atoms with E-state index in [1.807, 2.05) is 0 Å². The number of nitrogens with zero attached hydrogens (tertiary/aromatic N) is 1. The second-order valence-electron chi connectivity index (χ2n) is 5.92. The molecule has 1 aromatic rings. The Labute approximate surface area is 145 Å². The molecule has 1 rings (SSSR count). The number of rotatable bonds is 9. The van der Waals surface area contributed by atoms with Crippen LogP contribution in [-0.2, 0) is 6.54 Å². The van der Waals surface area contributed by atoms with Crippen molar-refractivity contribution >= 4 is 31.9 Å². The van der Waals surface area contributed by atoms with Crippen LogP contribution in [0.2, 0.25) is 0 Å². The average molecular weight is 422 g/mol. The van der Waals surface area contributed by atoms with E-state index in [-0.39, 0.29) is 0 Å². The number of hydrogen-bond acceptors (Lipinski definition) is 3. The lowest BCUT2D eigenvalue weighted by atomic mass is 10.2. The average Bonchev–Trinajstić information content (AvgIpc) is 2.36.